The monoisotopic (exact) mass is 321 g/mol. The molecule has 2 rings (SSSR count). The van der Waals surface area contributed by atoms with Crippen molar-refractivity contribution in [2.45, 2.75) is 0 Å². The molecule has 2 aromatic rings. The van der Waals surface area contributed by atoms with Gasteiger partial charge < -0.3 is 37.2 Å². The van der Waals surface area contributed by atoms with Crippen LogP contribution >= 0.6 is 0 Å². The molecule has 87 valence electrons. The van der Waals surface area contributed by atoms with Gasteiger partial charge in [-0.3, -0.25) is 24.7 Å². The van der Waals surface area contributed by atoms with E-state index in [2.05, 4.69) is 15.0 Å². The van der Waals surface area contributed by atoms with Crippen molar-refractivity contribution in [1.82, 2.24) is 19.9 Å². The number of aromatic nitrogens is 4. The van der Waals surface area contributed by atoms with E-state index in [4.69, 9.17) is 0 Å². The Hall–Kier alpha value is -0.466. The van der Waals surface area contributed by atoms with Gasteiger partial charge in [-0.1, -0.05) is 0 Å². The summed E-state index contributed by atoms with van der Waals surface area (Å²) in [5.41, 5.74) is -1.65. The molecule has 0 bridgehead atoms. The number of H-pyrrole nitrogens is 4. The normalized spacial score (nSPS) is 8.00. The van der Waals surface area contributed by atoms with Crippen LogP contribution in [0.25, 0.3) is 11.2 Å². The van der Waals surface area contributed by atoms with Crippen LogP contribution in [0.4, 0.5) is 0 Å². The van der Waals surface area contributed by atoms with E-state index in [9.17, 15) is 14.4 Å². The van der Waals surface area contributed by atoms with Crippen molar-refractivity contribution < 1.29 is 58.9 Å². The minimum atomic E-state index is -0.650. The first kappa shape index (κ1) is 20.9. The van der Waals surface area contributed by atoms with E-state index in [1.54, 1.807) is 0 Å². The zero-order valence-electron chi connectivity index (χ0n) is 7.36. The largest absolute Gasteiger partial charge is 3.00 e. The van der Waals surface area contributed by atoms with Crippen molar-refractivity contribution in [3.05, 3.63) is 31.3 Å². The number of fused-ring (bicyclic) bond motifs is 1. The van der Waals surface area contributed by atoms with Gasteiger partial charge in [0.15, 0.2) is 0 Å². The molecule has 11 heteroatoms. The van der Waals surface area contributed by atoms with Crippen LogP contribution in [-0.4, -0.2) is 19.9 Å². The van der Waals surface area contributed by atoms with Crippen molar-refractivity contribution in [3.63, 3.8) is 0 Å². The second kappa shape index (κ2) is 7.75. The number of hydrogen-bond donors (Lipinski definition) is 4. The van der Waals surface area contributed by atoms with Crippen LogP contribution in [0, 0.1) is 0 Å². The minimum absolute atomic E-state index is 0. The van der Waals surface area contributed by atoms with Gasteiger partial charge in [0.2, 0.25) is 0 Å². The summed E-state index contributed by atoms with van der Waals surface area (Å²) < 4.78 is 0. The Labute approximate surface area is 121 Å². The van der Waals surface area contributed by atoms with Gasteiger partial charge in [0.05, 0.1) is 0 Å². The summed E-state index contributed by atoms with van der Waals surface area (Å²) >= 11 is 0. The zero-order chi connectivity index (χ0) is 8.72. The number of rotatable bonds is 0. The number of imidazole rings is 1. The van der Waals surface area contributed by atoms with Gasteiger partial charge in [0, 0.05) is 0 Å². The third kappa shape index (κ3) is 3.84. The molecule has 16 heavy (non-hydrogen) atoms. The van der Waals surface area contributed by atoms with Crippen molar-refractivity contribution in [3.8, 4) is 0 Å². The Morgan fingerprint density at radius 3 is 1.62 bits per heavy atom. The molecule has 0 atom stereocenters. The molecule has 2 aromatic heterocycles. The summed E-state index contributed by atoms with van der Waals surface area (Å²) in [7, 11) is 0. The summed E-state index contributed by atoms with van der Waals surface area (Å²) in [4.78, 5) is 41.0. The smallest absolute Gasteiger partial charge is 1.00 e. The predicted octanol–water partition coefficient (Wildman–Crippen LogP) is -10.8. The summed E-state index contributed by atoms with van der Waals surface area (Å²) in [5, 5.41) is 0. The van der Waals surface area contributed by atoms with Gasteiger partial charge in [-0.15, -0.1) is 0 Å². The van der Waals surface area contributed by atoms with Crippen LogP contribution < -0.4 is 54.2 Å². The van der Waals surface area contributed by atoms with Gasteiger partial charge in [-0.2, -0.15) is 0 Å². The molecular weight excluding hydrogens is 318 g/mol. The van der Waals surface area contributed by atoms with E-state index in [1.807, 2.05) is 4.98 Å². The Balaban J connectivity index is -0.000000422. The van der Waals surface area contributed by atoms with E-state index in [1.165, 1.54) is 0 Å². The summed E-state index contributed by atoms with van der Waals surface area (Å²) in [6, 6.07) is 0. The Kier molecular flexibility index (Phi) is 10.1. The van der Waals surface area contributed by atoms with Crippen LogP contribution in [0.2, 0.25) is 0 Å². The van der Waals surface area contributed by atoms with Crippen molar-refractivity contribution in [2.24, 2.45) is 0 Å². The van der Waals surface area contributed by atoms with Crippen molar-refractivity contribution in [2.75, 3.05) is 0 Å². The quantitative estimate of drug-likeness (QED) is 0.361. The molecule has 0 saturated carbocycles. The summed E-state index contributed by atoms with van der Waals surface area (Å²) in [6.07, 6.45) is 0. The average Bonchev–Trinajstić information content (AvgIpc) is 2.29. The number of halogens is 3. The van der Waals surface area contributed by atoms with E-state index < -0.39 is 16.9 Å². The Bertz CT molecular complexity index is 599. The molecular formula is C5H4Cl3N4O3Ti. The molecule has 0 amide bonds. The second-order valence-electron chi connectivity index (χ2n) is 2.24. The molecule has 1 radical (unpaired) electrons. The molecule has 0 aliphatic carbocycles. The standard InChI is InChI=1S/C5H4N4O3.3ClH.Ti/c10-3-1-2(7-4(11)6-1)8-5(12)9-3;;;;/h(H4,6,7,8,9,10,11,12);3*1H;/q;;;;+3/p-3. The first-order valence-electron chi connectivity index (χ1n) is 3.11. The topological polar surface area (TPSA) is 114 Å². The summed E-state index contributed by atoms with van der Waals surface area (Å²) in [5.74, 6) is 0. The fourth-order valence-electron chi connectivity index (χ4n) is 0.958. The number of aromatic amines is 4. The van der Waals surface area contributed by atoms with Crippen LogP contribution in [0.15, 0.2) is 14.4 Å². The third-order valence-electron chi connectivity index (χ3n) is 1.42. The van der Waals surface area contributed by atoms with Gasteiger partial charge in [0.1, 0.15) is 11.2 Å². The first-order chi connectivity index (χ1) is 5.66. The van der Waals surface area contributed by atoms with Crippen LogP contribution in [-0.2, 0) is 21.7 Å². The molecule has 0 aliphatic heterocycles. The Morgan fingerprint density at radius 1 is 0.688 bits per heavy atom. The van der Waals surface area contributed by atoms with Gasteiger partial charge in [0.25, 0.3) is 5.56 Å². The SMILES string of the molecule is O=c1[nH]c(=O)c2[nH]c(=O)[nH]c2[nH]1.[Cl-].[Cl-].[Cl-].[Ti+3]. The fraction of sp³-hybridized carbons (Fsp3) is 0. The average molecular weight is 322 g/mol. The molecule has 0 saturated heterocycles. The van der Waals surface area contributed by atoms with Crippen molar-refractivity contribution >= 4 is 11.2 Å². The van der Waals surface area contributed by atoms with Gasteiger partial charge in [-0.25, -0.2) is 9.59 Å². The maximum atomic E-state index is 10.9. The molecule has 0 fully saturated rings. The maximum absolute atomic E-state index is 10.9. The van der Waals surface area contributed by atoms with E-state index in [0.29, 0.717) is 0 Å². The molecule has 0 unspecified atom stereocenters. The first-order valence-corrected chi connectivity index (χ1v) is 3.11. The van der Waals surface area contributed by atoms with E-state index in [0.717, 1.165) is 0 Å². The van der Waals surface area contributed by atoms with Crippen molar-refractivity contribution in [1.29, 1.82) is 0 Å². The van der Waals surface area contributed by atoms with Crippen LogP contribution in [0.5, 0.6) is 0 Å². The van der Waals surface area contributed by atoms with Crippen LogP contribution in [0.1, 0.15) is 0 Å². The maximum Gasteiger partial charge on any atom is 3.00 e. The van der Waals surface area contributed by atoms with E-state index in [-0.39, 0.29) is 70.1 Å². The third-order valence-corrected chi connectivity index (χ3v) is 1.42. The summed E-state index contributed by atoms with van der Waals surface area (Å²) in [6.45, 7) is 0. The molecule has 2 heterocycles. The molecule has 0 spiro atoms. The molecule has 4 N–H and O–H groups in total. The van der Waals surface area contributed by atoms with Crippen LogP contribution in [0.3, 0.4) is 0 Å². The molecule has 0 aliphatic rings. The number of nitrogens with one attached hydrogen (secondary N) is 4. The predicted molar refractivity (Wildman–Crippen MR) is 40.2 cm³/mol. The molecule has 0 aromatic carbocycles. The zero-order valence-corrected chi connectivity index (χ0v) is 11.2. The fourth-order valence-corrected chi connectivity index (χ4v) is 0.958. The van der Waals surface area contributed by atoms with Gasteiger partial charge in [-0.05, 0) is 0 Å². The Morgan fingerprint density at radius 2 is 1.12 bits per heavy atom. The minimum Gasteiger partial charge on any atom is -1.00 e. The van der Waals surface area contributed by atoms with E-state index >= 15 is 0 Å². The van der Waals surface area contributed by atoms with Gasteiger partial charge >= 0.3 is 33.1 Å². The molecule has 7 nitrogen and oxygen atoms in total. The second-order valence-corrected chi connectivity index (χ2v) is 2.24. The number of hydrogen-bond acceptors (Lipinski definition) is 3.